The Morgan fingerprint density at radius 1 is 1.47 bits per heavy atom. The third-order valence-corrected chi connectivity index (χ3v) is 2.27. The largest absolute Gasteiger partial charge is 0.508 e. The minimum Gasteiger partial charge on any atom is -0.508 e. The fourth-order valence-corrected chi connectivity index (χ4v) is 1.59. The molecule has 1 aromatic rings. The Morgan fingerprint density at radius 2 is 2.13 bits per heavy atom. The van der Waals surface area contributed by atoms with Gasteiger partial charge >= 0.3 is 0 Å². The number of hydrogen-bond acceptors (Lipinski definition) is 2. The molecule has 0 aromatic heterocycles. The van der Waals surface area contributed by atoms with Crippen LogP contribution in [0.3, 0.4) is 0 Å². The van der Waals surface area contributed by atoms with Gasteiger partial charge in [0.2, 0.25) is 0 Å². The highest BCUT2D eigenvalue weighted by Crippen LogP contribution is 2.20. The number of hydrogen-bond donors (Lipinski definition) is 2. The highest BCUT2D eigenvalue weighted by molar-refractivity contribution is 9.10. The van der Waals surface area contributed by atoms with E-state index in [4.69, 9.17) is 0 Å². The molecule has 0 aliphatic rings. The Bertz CT molecular complexity index is 343. The molecule has 4 heteroatoms. The Balaban J connectivity index is 2.73. The molecule has 0 atom stereocenters. The van der Waals surface area contributed by atoms with E-state index >= 15 is 0 Å². The van der Waals surface area contributed by atoms with Gasteiger partial charge in [-0.1, -0.05) is 29.8 Å². The lowest BCUT2D eigenvalue weighted by Crippen LogP contribution is -2.27. The molecule has 0 saturated heterocycles. The van der Waals surface area contributed by atoms with Crippen molar-refractivity contribution in [3.05, 3.63) is 28.2 Å². The average Bonchev–Trinajstić information content (AvgIpc) is 2.12. The number of carbonyl (C=O) groups excluding carboxylic acids is 1. The summed E-state index contributed by atoms with van der Waals surface area (Å²) in [5.74, 6) is 0.328. The summed E-state index contributed by atoms with van der Waals surface area (Å²) in [6.07, 6.45) is 0. The van der Waals surface area contributed by atoms with Gasteiger partial charge in [-0.2, -0.15) is 0 Å². The minimum atomic E-state index is -0.166. The summed E-state index contributed by atoms with van der Waals surface area (Å²) < 4.78 is 0.692. The third kappa shape index (κ3) is 3.91. The van der Waals surface area contributed by atoms with E-state index in [-0.39, 0.29) is 11.7 Å². The molecule has 0 heterocycles. The first kappa shape index (κ1) is 12.0. The van der Waals surface area contributed by atoms with Crippen molar-refractivity contribution in [2.75, 3.05) is 6.54 Å². The molecular formula is C11H14BrNO2. The van der Waals surface area contributed by atoms with E-state index in [1.165, 1.54) is 6.07 Å². The van der Waals surface area contributed by atoms with Crippen LogP contribution < -0.4 is 5.32 Å². The standard InChI is InChI=1S/C11H14BrNO2/c1-7(2)6-13-11(15)8-3-9(12)5-10(14)4-8/h3-5,7,14H,6H2,1-2H3,(H,13,15). The van der Waals surface area contributed by atoms with Crippen LogP contribution in [0.15, 0.2) is 22.7 Å². The summed E-state index contributed by atoms with van der Waals surface area (Å²) in [6, 6.07) is 4.66. The van der Waals surface area contributed by atoms with Crippen molar-refractivity contribution in [1.29, 1.82) is 0 Å². The molecular weight excluding hydrogens is 258 g/mol. The van der Waals surface area contributed by atoms with E-state index in [2.05, 4.69) is 21.2 Å². The Kier molecular flexibility index (Phi) is 4.15. The molecule has 2 N–H and O–H groups in total. The normalized spacial score (nSPS) is 10.4. The maximum Gasteiger partial charge on any atom is 0.251 e. The van der Waals surface area contributed by atoms with E-state index in [1.54, 1.807) is 12.1 Å². The summed E-state index contributed by atoms with van der Waals surface area (Å²) in [5, 5.41) is 12.1. The van der Waals surface area contributed by atoms with Gasteiger partial charge in [-0.15, -0.1) is 0 Å². The van der Waals surface area contributed by atoms with Gasteiger partial charge in [0.05, 0.1) is 0 Å². The zero-order chi connectivity index (χ0) is 11.4. The van der Waals surface area contributed by atoms with Crippen molar-refractivity contribution in [3.8, 4) is 5.75 Å². The second-order valence-corrected chi connectivity index (χ2v) is 4.72. The predicted molar refractivity (Wildman–Crippen MR) is 63.0 cm³/mol. The van der Waals surface area contributed by atoms with Crippen LogP contribution in [-0.2, 0) is 0 Å². The topological polar surface area (TPSA) is 49.3 Å². The molecule has 0 bridgehead atoms. The zero-order valence-electron chi connectivity index (χ0n) is 8.75. The fourth-order valence-electron chi connectivity index (χ4n) is 1.10. The van der Waals surface area contributed by atoms with Crippen molar-refractivity contribution in [2.24, 2.45) is 5.92 Å². The van der Waals surface area contributed by atoms with Gasteiger partial charge in [0.15, 0.2) is 0 Å². The Morgan fingerprint density at radius 3 is 2.67 bits per heavy atom. The lowest BCUT2D eigenvalue weighted by Gasteiger charge is -2.08. The summed E-state index contributed by atoms with van der Waals surface area (Å²) in [5.41, 5.74) is 0.461. The number of benzene rings is 1. The van der Waals surface area contributed by atoms with Crippen molar-refractivity contribution in [3.63, 3.8) is 0 Å². The van der Waals surface area contributed by atoms with Crippen LogP contribution in [0.1, 0.15) is 24.2 Å². The number of aromatic hydroxyl groups is 1. The van der Waals surface area contributed by atoms with E-state index in [0.29, 0.717) is 22.5 Å². The van der Waals surface area contributed by atoms with Crippen LogP contribution in [0.2, 0.25) is 0 Å². The summed E-state index contributed by atoms with van der Waals surface area (Å²) in [4.78, 5) is 11.6. The first-order chi connectivity index (χ1) is 6.99. The quantitative estimate of drug-likeness (QED) is 0.888. The van der Waals surface area contributed by atoms with Crippen molar-refractivity contribution >= 4 is 21.8 Å². The fraction of sp³-hybridized carbons (Fsp3) is 0.364. The summed E-state index contributed by atoms with van der Waals surface area (Å²) >= 11 is 3.22. The zero-order valence-corrected chi connectivity index (χ0v) is 10.3. The molecule has 1 amide bonds. The lowest BCUT2D eigenvalue weighted by atomic mass is 10.2. The van der Waals surface area contributed by atoms with Gasteiger partial charge in [-0.25, -0.2) is 0 Å². The molecule has 1 aromatic carbocycles. The molecule has 0 aliphatic carbocycles. The summed E-state index contributed by atoms with van der Waals surface area (Å²) in [6.45, 7) is 4.68. The summed E-state index contributed by atoms with van der Waals surface area (Å²) in [7, 11) is 0. The van der Waals surface area contributed by atoms with Crippen LogP contribution in [0.4, 0.5) is 0 Å². The molecule has 0 fully saturated rings. The van der Waals surface area contributed by atoms with Crippen LogP contribution in [0.5, 0.6) is 5.75 Å². The molecule has 0 saturated carbocycles. The number of halogens is 1. The van der Waals surface area contributed by atoms with E-state index in [1.807, 2.05) is 13.8 Å². The van der Waals surface area contributed by atoms with Crippen molar-refractivity contribution < 1.29 is 9.90 Å². The number of amides is 1. The van der Waals surface area contributed by atoms with Crippen LogP contribution in [0, 0.1) is 5.92 Å². The first-order valence-corrected chi connectivity index (χ1v) is 5.56. The second-order valence-electron chi connectivity index (χ2n) is 3.80. The molecule has 0 radical (unpaired) electrons. The van der Waals surface area contributed by atoms with Gasteiger partial charge in [-0.05, 0) is 24.1 Å². The predicted octanol–water partition coefficient (Wildman–Crippen LogP) is 2.54. The number of phenols is 1. The maximum atomic E-state index is 11.6. The van der Waals surface area contributed by atoms with Crippen molar-refractivity contribution in [1.82, 2.24) is 5.32 Å². The van der Waals surface area contributed by atoms with E-state index in [0.717, 1.165) is 0 Å². The Hall–Kier alpha value is -1.03. The number of nitrogens with one attached hydrogen (secondary N) is 1. The molecule has 1 rings (SSSR count). The number of phenolic OH excluding ortho intramolecular Hbond substituents is 1. The Labute approximate surface area is 97.6 Å². The first-order valence-electron chi connectivity index (χ1n) is 4.77. The highest BCUT2D eigenvalue weighted by atomic mass is 79.9. The number of rotatable bonds is 3. The SMILES string of the molecule is CC(C)CNC(=O)c1cc(O)cc(Br)c1. The highest BCUT2D eigenvalue weighted by Gasteiger charge is 2.07. The monoisotopic (exact) mass is 271 g/mol. The van der Waals surface area contributed by atoms with Crippen LogP contribution >= 0.6 is 15.9 Å². The second kappa shape index (κ2) is 5.16. The molecule has 0 aliphatic heterocycles. The van der Waals surface area contributed by atoms with Gasteiger partial charge in [-0.3, -0.25) is 4.79 Å². The van der Waals surface area contributed by atoms with E-state index < -0.39 is 0 Å². The van der Waals surface area contributed by atoms with Gasteiger partial charge < -0.3 is 10.4 Å². The minimum absolute atomic E-state index is 0.0825. The van der Waals surface area contributed by atoms with Gasteiger partial charge in [0, 0.05) is 16.6 Å². The van der Waals surface area contributed by atoms with Gasteiger partial charge in [0.1, 0.15) is 5.75 Å². The third-order valence-electron chi connectivity index (χ3n) is 1.82. The van der Waals surface area contributed by atoms with E-state index in [9.17, 15) is 9.90 Å². The molecule has 0 spiro atoms. The lowest BCUT2D eigenvalue weighted by molar-refractivity contribution is 0.0948. The van der Waals surface area contributed by atoms with Gasteiger partial charge in [0.25, 0.3) is 5.91 Å². The average molecular weight is 272 g/mol. The van der Waals surface area contributed by atoms with Crippen LogP contribution in [0.25, 0.3) is 0 Å². The van der Waals surface area contributed by atoms with Crippen molar-refractivity contribution in [2.45, 2.75) is 13.8 Å². The molecule has 82 valence electrons. The van der Waals surface area contributed by atoms with Crippen LogP contribution in [-0.4, -0.2) is 17.6 Å². The molecule has 15 heavy (non-hydrogen) atoms. The maximum absolute atomic E-state index is 11.6. The molecule has 0 unspecified atom stereocenters. The molecule has 3 nitrogen and oxygen atoms in total. The smallest absolute Gasteiger partial charge is 0.251 e. The number of carbonyl (C=O) groups is 1.